The van der Waals surface area contributed by atoms with E-state index in [1.54, 1.807) is 11.3 Å². The van der Waals surface area contributed by atoms with Gasteiger partial charge in [-0.05, 0) is 24.1 Å². The van der Waals surface area contributed by atoms with Crippen LogP contribution in [0.4, 0.5) is 0 Å². The molecule has 0 bridgehead atoms. The van der Waals surface area contributed by atoms with Crippen molar-refractivity contribution in [2.45, 2.75) is 26.6 Å². The maximum Gasteiger partial charge on any atom is 0.253 e. The highest BCUT2D eigenvalue weighted by Crippen LogP contribution is 2.24. The third kappa shape index (κ3) is 4.67. The van der Waals surface area contributed by atoms with Crippen molar-refractivity contribution in [2.75, 3.05) is 0 Å². The van der Waals surface area contributed by atoms with E-state index in [4.69, 9.17) is 10.7 Å². The van der Waals surface area contributed by atoms with Gasteiger partial charge in [-0.3, -0.25) is 4.79 Å². The van der Waals surface area contributed by atoms with Crippen molar-refractivity contribution in [2.24, 2.45) is 5.73 Å². The molecule has 0 saturated carbocycles. The van der Waals surface area contributed by atoms with Crippen LogP contribution in [-0.4, -0.2) is 15.5 Å². The Morgan fingerprint density at radius 2 is 1.83 bits per heavy atom. The predicted octanol–water partition coefficient (Wildman–Crippen LogP) is 4.36. The van der Waals surface area contributed by atoms with Crippen molar-refractivity contribution in [1.82, 2.24) is 14.9 Å². The van der Waals surface area contributed by atoms with Gasteiger partial charge < -0.3 is 15.6 Å². The molecule has 6 heteroatoms. The third-order valence-electron chi connectivity index (χ3n) is 4.99. The zero-order valence-corrected chi connectivity index (χ0v) is 17.7. The van der Waals surface area contributed by atoms with Gasteiger partial charge in [-0.25, -0.2) is 4.98 Å². The number of carbonyl (C=O) groups excluding carboxylic acids is 1. The minimum absolute atomic E-state index is 0.0806. The molecule has 0 atom stereocenters. The minimum atomic E-state index is -0.0806. The zero-order valence-electron chi connectivity index (χ0n) is 16.8. The van der Waals surface area contributed by atoms with Crippen LogP contribution in [0.3, 0.4) is 0 Å². The summed E-state index contributed by atoms with van der Waals surface area (Å²) in [5, 5.41) is 6.07. The number of nitrogens with two attached hydrogens (primary N) is 1. The van der Waals surface area contributed by atoms with Crippen molar-refractivity contribution < 1.29 is 4.79 Å². The Kier molecular flexibility index (Phi) is 6.07. The first-order valence-corrected chi connectivity index (χ1v) is 10.7. The van der Waals surface area contributed by atoms with E-state index < -0.39 is 0 Å². The number of benzene rings is 2. The maximum absolute atomic E-state index is 12.6. The molecule has 0 aliphatic rings. The number of aryl methyl sites for hydroxylation is 1. The highest BCUT2D eigenvalue weighted by Gasteiger charge is 2.12. The molecular weight excluding hydrogens is 392 g/mol. The quantitative estimate of drug-likeness (QED) is 0.470. The van der Waals surface area contributed by atoms with E-state index in [-0.39, 0.29) is 5.91 Å². The Morgan fingerprint density at radius 3 is 2.57 bits per heavy atom. The Morgan fingerprint density at radius 1 is 1.10 bits per heavy atom. The molecule has 0 spiro atoms. The SMILES string of the molecule is Cc1cc(C(=O)NCc2ccc(CN)cc2)cn1Cc1csc(-c2ccccc2)n1. The fourth-order valence-corrected chi connectivity index (χ4v) is 4.07. The van der Waals surface area contributed by atoms with E-state index in [9.17, 15) is 4.79 Å². The molecule has 1 amide bonds. The van der Waals surface area contributed by atoms with E-state index in [1.807, 2.05) is 61.7 Å². The van der Waals surface area contributed by atoms with Crippen molar-refractivity contribution >= 4 is 17.2 Å². The van der Waals surface area contributed by atoms with E-state index >= 15 is 0 Å². The number of carbonyl (C=O) groups is 1. The Bertz CT molecular complexity index is 1130. The van der Waals surface area contributed by atoms with Crippen molar-refractivity contribution in [1.29, 1.82) is 0 Å². The van der Waals surface area contributed by atoms with Gasteiger partial charge in [-0.15, -0.1) is 11.3 Å². The first-order valence-electron chi connectivity index (χ1n) is 9.85. The van der Waals surface area contributed by atoms with Gasteiger partial charge >= 0.3 is 0 Å². The van der Waals surface area contributed by atoms with Crippen LogP contribution in [0.25, 0.3) is 10.6 Å². The number of nitrogens with one attached hydrogen (secondary N) is 1. The van der Waals surface area contributed by atoms with Crippen LogP contribution in [0.15, 0.2) is 72.2 Å². The lowest BCUT2D eigenvalue weighted by molar-refractivity contribution is 0.0951. The number of rotatable bonds is 7. The Balaban J connectivity index is 1.40. The second kappa shape index (κ2) is 9.07. The monoisotopic (exact) mass is 416 g/mol. The molecule has 2 heterocycles. The third-order valence-corrected chi connectivity index (χ3v) is 5.93. The second-order valence-electron chi connectivity index (χ2n) is 7.21. The normalized spacial score (nSPS) is 10.9. The largest absolute Gasteiger partial charge is 0.348 e. The summed E-state index contributed by atoms with van der Waals surface area (Å²) in [6.45, 7) is 3.65. The summed E-state index contributed by atoms with van der Waals surface area (Å²) in [6.07, 6.45) is 1.89. The average molecular weight is 417 g/mol. The summed E-state index contributed by atoms with van der Waals surface area (Å²) in [7, 11) is 0. The topological polar surface area (TPSA) is 72.9 Å². The summed E-state index contributed by atoms with van der Waals surface area (Å²) in [6, 6.07) is 20.0. The fourth-order valence-electron chi connectivity index (χ4n) is 3.25. The number of nitrogens with zero attached hydrogens (tertiary/aromatic N) is 2. The summed E-state index contributed by atoms with van der Waals surface area (Å²) in [5.74, 6) is -0.0806. The minimum Gasteiger partial charge on any atom is -0.348 e. The van der Waals surface area contributed by atoms with Crippen LogP contribution in [-0.2, 0) is 19.6 Å². The van der Waals surface area contributed by atoms with E-state index in [0.29, 0.717) is 25.2 Å². The molecule has 0 fully saturated rings. The van der Waals surface area contributed by atoms with Gasteiger partial charge in [0.2, 0.25) is 0 Å². The van der Waals surface area contributed by atoms with Crippen LogP contribution in [0, 0.1) is 6.92 Å². The molecule has 0 aliphatic heterocycles. The lowest BCUT2D eigenvalue weighted by atomic mass is 10.1. The van der Waals surface area contributed by atoms with Crippen molar-refractivity contribution in [3.8, 4) is 10.6 Å². The molecule has 4 aromatic rings. The van der Waals surface area contributed by atoms with Crippen LogP contribution < -0.4 is 11.1 Å². The van der Waals surface area contributed by atoms with Gasteiger partial charge in [0.15, 0.2) is 0 Å². The van der Waals surface area contributed by atoms with Crippen LogP contribution in [0.1, 0.15) is 32.9 Å². The number of aromatic nitrogens is 2. The van der Waals surface area contributed by atoms with Crippen molar-refractivity contribution in [3.05, 3.63) is 100 Å². The molecule has 2 aromatic heterocycles. The highest BCUT2D eigenvalue weighted by molar-refractivity contribution is 7.13. The van der Waals surface area contributed by atoms with E-state index in [0.717, 1.165) is 33.1 Å². The first kappa shape index (κ1) is 20.1. The summed E-state index contributed by atoms with van der Waals surface area (Å²) in [5.41, 5.74) is 11.6. The Labute approximate surface area is 180 Å². The van der Waals surface area contributed by atoms with E-state index in [1.165, 1.54) is 0 Å². The molecule has 4 rings (SSSR count). The van der Waals surface area contributed by atoms with Crippen LogP contribution in [0.5, 0.6) is 0 Å². The molecule has 152 valence electrons. The number of hydrogen-bond acceptors (Lipinski definition) is 4. The number of amides is 1. The van der Waals surface area contributed by atoms with Gasteiger partial charge in [0.1, 0.15) is 5.01 Å². The van der Waals surface area contributed by atoms with Crippen LogP contribution >= 0.6 is 11.3 Å². The molecule has 0 aliphatic carbocycles. The molecule has 2 aromatic carbocycles. The predicted molar refractivity (Wildman–Crippen MR) is 121 cm³/mol. The summed E-state index contributed by atoms with van der Waals surface area (Å²) in [4.78, 5) is 17.3. The van der Waals surface area contributed by atoms with Crippen molar-refractivity contribution in [3.63, 3.8) is 0 Å². The highest BCUT2D eigenvalue weighted by atomic mass is 32.1. The second-order valence-corrected chi connectivity index (χ2v) is 8.07. The van der Waals surface area contributed by atoms with Gasteiger partial charge in [-0.1, -0.05) is 54.6 Å². The van der Waals surface area contributed by atoms with E-state index in [2.05, 4.69) is 27.4 Å². The van der Waals surface area contributed by atoms with Gasteiger partial charge in [-0.2, -0.15) is 0 Å². The van der Waals surface area contributed by atoms with Gasteiger partial charge in [0, 0.05) is 35.9 Å². The Hall–Kier alpha value is -3.22. The van der Waals surface area contributed by atoms with Gasteiger partial charge in [0.05, 0.1) is 17.8 Å². The smallest absolute Gasteiger partial charge is 0.253 e. The van der Waals surface area contributed by atoms with Crippen LogP contribution in [0.2, 0.25) is 0 Å². The number of hydrogen-bond donors (Lipinski definition) is 2. The molecule has 0 saturated heterocycles. The molecular formula is C24H24N4OS. The zero-order chi connectivity index (χ0) is 20.9. The summed E-state index contributed by atoms with van der Waals surface area (Å²) >= 11 is 1.64. The number of thiazole rings is 1. The molecule has 3 N–H and O–H groups in total. The maximum atomic E-state index is 12.6. The molecule has 0 unspecified atom stereocenters. The summed E-state index contributed by atoms with van der Waals surface area (Å²) < 4.78 is 2.06. The molecule has 30 heavy (non-hydrogen) atoms. The first-order chi connectivity index (χ1) is 14.6. The molecule has 0 radical (unpaired) electrons. The average Bonchev–Trinajstić information content (AvgIpc) is 3.40. The standard InChI is InChI=1S/C24H24N4OS/c1-17-11-21(23(29)26-13-19-9-7-18(12-25)8-10-19)14-28(17)15-22-16-30-24(27-22)20-5-3-2-4-6-20/h2-11,14,16H,12-13,15,25H2,1H3,(H,26,29). The lowest BCUT2D eigenvalue weighted by Crippen LogP contribution is -2.22. The molecule has 5 nitrogen and oxygen atoms in total. The fraction of sp³-hybridized carbons (Fsp3) is 0.167. The lowest BCUT2D eigenvalue weighted by Gasteiger charge is -2.05. The van der Waals surface area contributed by atoms with Gasteiger partial charge in [0.25, 0.3) is 5.91 Å².